The van der Waals surface area contributed by atoms with Gasteiger partial charge in [0.25, 0.3) is 7.82 Å². The number of hydrogen-bond acceptors (Lipinski definition) is 7. The normalized spacial score (nSPS) is 13.6. The van der Waals surface area contributed by atoms with Crippen molar-refractivity contribution in [1.29, 1.82) is 0 Å². The molecule has 2 unspecified atom stereocenters. The number of ether oxygens (including phenoxy) is 2. The van der Waals surface area contributed by atoms with E-state index < -0.39 is 13.9 Å². The molecule has 0 spiro atoms. The Balaban J connectivity index is 3.93. The van der Waals surface area contributed by atoms with Crippen molar-refractivity contribution in [2.75, 3.05) is 54.1 Å². The summed E-state index contributed by atoms with van der Waals surface area (Å²) in [6.45, 7) is 5.44. The average molecular weight is 804 g/mol. The van der Waals surface area contributed by atoms with E-state index in [2.05, 4.69) is 13.8 Å². The van der Waals surface area contributed by atoms with Crippen molar-refractivity contribution < 1.29 is 37.3 Å². The molecule has 0 aromatic rings. The van der Waals surface area contributed by atoms with Gasteiger partial charge in [-0.3, -0.25) is 9.36 Å². The number of nitrogens with zero attached hydrogens (tertiary/aromatic N) is 1. The van der Waals surface area contributed by atoms with Gasteiger partial charge in [-0.1, -0.05) is 213 Å². The minimum Gasteiger partial charge on any atom is -0.756 e. The molecule has 0 saturated carbocycles. The van der Waals surface area contributed by atoms with E-state index in [0.29, 0.717) is 24.1 Å². The van der Waals surface area contributed by atoms with Crippen LogP contribution in [-0.4, -0.2) is 70.7 Å². The molecule has 0 aromatic carbocycles. The van der Waals surface area contributed by atoms with Gasteiger partial charge >= 0.3 is 5.97 Å². The zero-order valence-corrected chi connectivity index (χ0v) is 38.3. The van der Waals surface area contributed by atoms with Crippen LogP contribution in [0, 0.1) is 0 Å². The number of rotatable bonds is 45. The molecule has 0 heterocycles. The fourth-order valence-electron chi connectivity index (χ4n) is 6.96. The summed E-state index contributed by atoms with van der Waals surface area (Å²) in [5.41, 5.74) is 0. The Morgan fingerprint density at radius 1 is 0.491 bits per heavy atom. The molecule has 0 rings (SSSR count). The van der Waals surface area contributed by atoms with Crippen LogP contribution in [0.25, 0.3) is 0 Å². The second-order valence-electron chi connectivity index (χ2n) is 17.5. The smallest absolute Gasteiger partial charge is 0.306 e. The Kier molecular flexibility index (Phi) is 39.9. The molecule has 0 amide bonds. The van der Waals surface area contributed by atoms with Crippen LogP contribution in [0.1, 0.15) is 232 Å². The minimum absolute atomic E-state index is 0.0310. The molecule has 2 atom stereocenters. The van der Waals surface area contributed by atoms with Gasteiger partial charge in [0.15, 0.2) is 0 Å². The van der Waals surface area contributed by atoms with Crippen LogP contribution in [0.5, 0.6) is 0 Å². The third kappa shape index (κ3) is 44.4. The summed E-state index contributed by atoms with van der Waals surface area (Å²) < 4.78 is 34.5. The maximum absolute atomic E-state index is 12.7. The van der Waals surface area contributed by atoms with Crippen molar-refractivity contribution in [2.24, 2.45) is 0 Å². The lowest BCUT2D eigenvalue weighted by Crippen LogP contribution is -2.37. The predicted octanol–water partition coefficient (Wildman–Crippen LogP) is 13.4. The summed E-state index contributed by atoms with van der Waals surface area (Å²) in [6.07, 6.45) is 42.8. The number of unbranched alkanes of at least 4 members (excludes halogenated alkanes) is 31. The van der Waals surface area contributed by atoms with Crippen LogP contribution in [0.4, 0.5) is 0 Å². The lowest BCUT2D eigenvalue weighted by Gasteiger charge is -2.28. The Labute approximate surface area is 342 Å². The van der Waals surface area contributed by atoms with Crippen molar-refractivity contribution in [2.45, 2.75) is 238 Å². The van der Waals surface area contributed by atoms with Gasteiger partial charge in [-0.15, -0.1) is 0 Å². The maximum Gasteiger partial charge on any atom is 0.306 e. The van der Waals surface area contributed by atoms with E-state index in [4.69, 9.17) is 18.5 Å². The van der Waals surface area contributed by atoms with Crippen LogP contribution in [-0.2, 0) is 27.9 Å². The molecule has 0 aliphatic carbocycles. The number of carbonyl (C=O) groups is 1. The Bertz CT molecular complexity index is 853. The predicted molar refractivity (Wildman–Crippen MR) is 231 cm³/mol. The zero-order valence-electron chi connectivity index (χ0n) is 37.4. The quantitative estimate of drug-likeness (QED) is 0.0262. The molecule has 9 heteroatoms. The number of esters is 1. The number of phosphoric acid groups is 1. The first-order valence-electron chi connectivity index (χ1n) is 23.8. The second-order valence-corrected chi connectivity index (χ2v) is 18.9. The summed E-state index contributed by atoms with van der Waals surface area (Å²) in [5, 5.41) is 0. The van der Waals surface area contributed by atoms with E-state index in [-0.39, 0.29) is 25.8 Å². The topological polar surface area (TPSA) is 94.1 Å². The molecule has 330 valence electrons. The van der Waals surface area contributed by atoms with Crippen molar-refractivity contribution in [3.05, 3.63) is 0 Å². The van der Waals surface area contributed by atoms with E-state index in [1.165, 1.54) is 180 Å². The SMILES string of the molecule is CCCCCCCCCCCCCCCCCCCCCCCCCCCC(=O)OC(COCCCCCCCCCC)COP(=O)([O-])OCC[N+](C)(C)C. The summed E-state index contributed by atoms with van der Waals surface area (Å²) in [5.74, 6) is -0.329. The highest BCUT2D eigenvalue weighted by Gasteiger charge is 2.20. The summed E-state index contributed by atoms with van der Waals surface area (Å²) in [4.78, 5) is 25.0. The largest absolute Gasteiger partial charge is 0.756 e. The van der Waals surface area contributed by atoms with Gasteiger partial charge in [-0.05, 0) is 12.8 Å². The van der Waals surface area contributed by atoms with Crippen molar-refractivity contribution in [3.63, 3.8) is 0 Å². The molecule has 0 aliphatic rings. The summed E-state index contributed by atoms with van der Waals surface area (Å²) in [6, 6.07) is 0. The Morgan fingerprint density at radius 2 is 0.836 bits per heavy atom. The highest BCUT2D eigenvalue weighted by atomic mass is 31.2. The molecular formula is C46H94NO7P. The highest BCUT2D eigenvalue weighted by molar-refractivity contribution is 7.45. The van der Waals surface area contributed by atoms with Crippen LogP contribution < -0.4 is 4.89 Å². The zero-order chi connectivity index (χ0) is 40.6. The number of quaternary nitrogens is 1. The lowest BCUT2D eigenvalue weighted by molar-refractivity contribution is -0.870. The van der Waals surface area contributed by atoms with Crippen molar-refractivity contribution in [3.8, 4) is 0 Å². The fourth-order valence-corrected chi connectivity index (χ4v) is 7.69. The molecule has 0 aromatic heterocycles. The molecule has 0 saturated heterocycles. The third-order valence-corrected chi connectivity index (χ3v) is 11.6. The van der Waals surface area contributed by atoms with Gasteiger partial charge in [-0.25, -0.2) is 0 Å². The van der Waals surface area contributed by atoms with Crippen molar-refractivity contribution >= 4 is 13.8 Å². The van der Waals surface area contributed by atoms with E-state index in [1.807, 2.05) is 21.1 Å². The van der Waals surface area contributed by atoms with Crippen LogP contribution >= 0.6 is 7.82 Å². The molecule has 0 fully saturated rings. The molecule has 0 N–H and O–H groups in total. The number of carbonyl (C=O) groups excluding carboxylic acids is 1. The molecule has 0 radical (unpaired) electrons. The average Bonchev–Trinajstić information content (AvgIpc) is 3.13. The molecule has 0 aliphatic heterocycles. The first kappa shape index (κ1) is 54.5. The van der Waals surface area contributed by atoms with E-state index in [9.17, 15) is 14.3 Å². The summed E-state index contributed by atoms with van der Waals surface area (Å²) in [7, 11) is 1.37. The highest BCUT2D eigenvalue weighted by Crippen LogP contribution is 2.38. The van der Waals surface area contributed by atoms with Gasteiger partial charge < -0.3 is 27.9 Å². The monoisotopic (exact) mass is 804 g/mol. The van der Waals surface area contributed by atoms with Crippen LogP contribution in [0.15, 0.2) is 0 Å². The van der Waals surface area contributed by atoms with Crippen LogP contribution in [0.2, 0.25) is 0 Å². The molecule has 55 heavy (non-hydrogen) atoms. The number of phosphoric ester groups is 1. The molecule has 0 bridgehead atoms. The van der Waals surface area contributed by atoms with Gasteiger partial charge in [0.05, 0.1) is 34.4 Å². The van der Waals surface area contributed by atoms with Crippen molar-refractivity contribution in [1.82, 2.24) is 0 Å². The summed E-state index contributed by atoms with van der Waals surface area (Å²) >= 11 is 0. The Morgan fingerprint density at radius 3 is 1.20 bits per heavy atom. The van der Waals surface area contributed by atoms with E-state index in [1.54, 1.807) is 0 Å². The first-order chi connectivity index (χ1) is 26.6. The van der Waals surface area contributed by atoms with Gasteiger partial charge in [0.2, 0.25) is 0 Å². The minimum atomic E-state index is -4.51. The second kappa shape index (κ2) is 40.3. The first-order valence-corrected chi connectivity index (χ1v) is 25.2. The van der Waals surface area contributed by atoms with E-state index in [0.717, 1.165) is 32.1 Å². The molecule has 8 nitrogen and oxygen atoms in total. The van der Waals surface area contributed by atoms with Gasteiger partial charge in [0.1, 0.15) is 19.3 Å². The van der Waals surface area contributed by atoms with Gasteiger partial charge in [-0.2, -0.15) is 0 Å². The fraction of sp³-hybridized carbons (Fsp3) is 0.978. The Hall–Kier alpha value is -0.500. The lowest BCUT2D eigenvalue weighted by atomic mass is 10.0. The third-order valence-electron chi connectivity index (χ3n) is 10.7. The van der Waals surface area contributed by atoms with Crippen LogP contribution in [0.3, 0.4) is 0 Å². The maximum atomic E-state index is 12.7. The van der Waals surface area contributed by atoms with Gasteiger partial charge in [0, 0.05) is 13.0 Å². The standard InChI is InChI=1S/C46H94NO7P/c1-6-8-10-12-14-16-17-18-19-20-21-22-23-24-25-26-27-28-29-30-31-32-33-35-37-39-46(48)54-45(43-51-41-38-36-34-15-13-11-9-7-2)44-53-55(49,50)52-42-40-47(3,4)5/h45H,6-44H2,1-5H3. The molecular weight excluding hydrogens is 709 g/mol. The number of hydrogen-bond donors (Lipinski definition) is 0. The number of likely N-dealkylation sites (N-methyl/N-ethyl adjacent to an activating group) is 1. The van der Waals surface area contributed by atoms with E-state index >= 15 is 0 Å².